The van der Waals surface area contributed by atoms with Gasteiger partial charge in [0.2, 0.25) is 0 Å². The first kappa shape index (κ1) is 17.1. The Kier molecular flexibility index (Phi) is 5.60. The van der Waals surface area contributed by atoms with Crippen LogP contribution in [0.5, 0.6) is 5.75 Å². The Morgan fingerprint density at radius 3 is 2.54 bits per heavy atom. The molecule has 1 aliphatic rings. The van der Waals surface area contributed by atoms with E-state index in [1.165, 1.54) is 12.1 Å². The van der Waals surface area contributed by atoms with Gasteiger partial charge >= 0.3 is 0 Å². The van der Waals surface area contributed by atoms with Crippen LogP contribution in [0.1, 0.15) is 13.3 Å². The van der Waals surface area contributed by atoms with Crippen molar-refractivity contribution in [2.75, 3.05) is 29.9 Å². The number of halogens is 1. The predicted octanol–water partition coefficient (Wildman–Crippen LogP) is 4.15. The van der Waals surface area contributed by atoms with Crippen LogP contribution in [0.3, 0.4) is 0 Å². The van der Waals surface area contributed by atoms with E-state index in [-0.39, 0.29) is 12.5 Å². The number of anilines is 2. The molecule has 126 valence electrons. The Morgan fingerprint density at radius 1 is 1.21 bits per heavy atom. The maximum atomic E-state index is 12.0. The molecule has 2 aromatic carbocycles. The van der Waals surface area contributed by atoms with Crippen molar-refractivity contribution in [3.63, 3.8) is 0 Å². The van der Waals surface area contributed by atoms with Gasteiger partial charge < -0.3 is 15.0 Å². The van der Waals surface area contributed by atoms with Crippen molar-refractivity contribution in [2.24, 2.45) is 5.92 Å². The van der Waals surface area contributed by atoms with Gasteiger partial charge in [0, 0.05) is 28.0 Å². The van der Waals surface area contributed by atoms with Gasteiger partial charge in [0.25, 0.3) is 5.91 Å². The minimum atomic E-state index is -0.156. The van der Waals surface area contributed by atoms with Crippen LogP contribution in [0, 0.1) is 9.49 Å². The highest BCUT2D eigenvalue weighted by Crippen LogP contribution is 2.24. The standard InChI is InChI=1S/C19H21IN2O2/c1-14-10-11-22(12-14)17-6-4-16(5-7-17)21-19(23)13-24-18-8-2-15(20)3-9-18/h2-9,14H,10-13H2,1H3,(H,21,23). The maximum Gasteiger partial charge on any atom is 0.262 e. The number of nitrogens with zero attached hydrogens (tertiary/aromatic N) is 1. The number of nitrogens with one attached hydrogen (secondary N) is 1. The van der Waals surface area contributed by atoms with Crippen molar-refractivity contribution >= 4 is 39.9 Å². The van der Waals surface area contributed by atoms with Gasteiger partial charge in [-0.15, -0.1) is 0 Å². The third-order valence-electron chi connectivity index (χ3n) is 4.12. The maximum absolute atomic E-state index is 12.0. The number of carbonyl (C=O) groups is 1. The number of hydrogen-bond donors (Lipinski definition) is 1. The van der Waals surface area contributed by atoms with Crippen molar-refractivity contribution in [1.82, 2.24) is 0 Å². The topological polar surface area (TPSA) is 41.6 Å². The number of carbonyl (C=O) groups excluding carboxylic acids is 1. The number of amides is 1. The zero-order chi connectivity index (χ0) is 16.9. The third-order valence-corrected chi connectivity index (χ3v) is 4.84. The fraction of sp³-hybridized carbons (Fsp3) is 0.316. The first-order chi connectivity index (χ1) is 11.6. The molecule has 0 saturated carbocycles. The molecule has 1 fully saturated rings. The summed E-state index contributed by atoms with van der Waals surface area (Å²) in [6.45, 7) is 4.50. The summed E-state index contributed by atoms with van der Waals surface area (Å²) in [5.74, 6) is 1.29. The predicted molar refractivity (Wildman–Crippen MR) is 106 cm³/mol. The Hall–Kier alpha value is -1.76. The van der Waals surface area contributed by atoms with Crippen LogP contribution >= 0.6 is 22.6 Å². The van der Waals surface area contributed by atoms with E-state index in [0.29, 0.717) is 5.75 Å². The molecule has 1 saturated heterocycles. The van der Waals surface area contributed by atoms with E-state index in [9.17, 15) is 4.79 Å². The molecule has 1 N–H and O–H groups in total. The van der Waals surface area contributed by atoms with Crippen LogP contribution in [0.25, 0.3) is 0 Å². The molecule has 0 radical (unpaired) electrons. The van der Waals surface area contributed by atoms with Gasteiger partial charge in [-0.25, -0.2) is 0 Å². The van der Waals surface area contributed by atoms with Crippen molar-refractivity contribution < 1.29 is 9.53 Å². The zero-order valence-electron chi connectivity index (χ0n) is 13.7. The molecule has 1 heterocycles. The fourth-order valence-electron chi connectivity index (χ4n) is 2.80. The van der Waals surface area contributed by atoms with E-state index < -0.39 is 0 Å². The molecule has 5 heteroatoms. The van der Waals surface area contributed by atoms with Gasteiger partial charge in [0.05, 0.1) is 0 Å². The Morgan fingerprint density at radius 2 is 1.92 bits per heavy atom. The van der Waals surface area contributed by atoms with E-state index in [1.807, 2.05) is 36.4 Å². The van der Waals surface area contributed by atoms with E-state index in [0.717, 1.165) is 28.3 Å². The number of hydrogen-bond acceptors (Lipinski definition) is 3. The van der Waals surface area contributed by atoms with Crippen molar-refractivity contribution in [1.29, 1.82) is 0 Å². The van der Waals surface area contributed by atoms with Crippen LogP contribution in [0.4, 0.5) is 11.4 Å². The highest BCUT2D eigenvalue weighted by atomic mass is 127. The van der Waals surface area contributed by atoms with Gasteiger partial charge in [0.15, 0.2) is 6.61 Å². The molecule has 4 nitrogen and oxygen atoms in total. The third kappa shape index (κ3) is 4.63. The Labute approximate surface area is 156 Å². The molecule has 1 atom stereocenters. The molecular weight excluding hydrogens is 415 g/mol. The summed E-state index contributed by atoms with van der Waals surface area (Å²) in [7, 11) is 0. The van der Waals surface area contributed by atoms with Gasteiger partial charge in [-0.05, 0) is 83.5 Å². The molecule has 0 aliphatic carbocycles. The molecule has 1 aliphatic heterocycles. The average Bonchev–Trinajstić information content (AvgIpc) is 3.01. The summed E-state index contributed by atoms with van der Waals surface area (Å²) >= 11 is 2.23. The smallest absolute Gasteiger partial charge is 0.262 e. The highest BCUT2D eigenvalue weighted by molar-refractivity contribution is 14.1. The monoisotopic (exact) mass is 436 g/mol. The second-order valence-electron chi connectivity index (χ2n) is 6.18. The first-order valence-corrected chi connectivity index (χ1v) is 9.21. The lowest BCUT2D eigenvalue weighted by Gasteiger charge is -2.18. The van der Waals surface area contributed by atoms with Crippen molar-refractivity contribution in [2.45, 2.75) is 13.3 Å². The quantitative estimate of drug-likeness (QED) is 0.717. The van der Waals surface area contributed by atoms with Crippen molar-refractivity contribution in [3.05, 3.63) is 52.1 Å². The van der Waals surface area contributed by atoms with Crippen molar-refractivity contribution in [3.8, 4) is 5.75 Å². The summed E-state index contributed by atoms with van der Waals surface area (Å²) in [4.78, 5) is 14.4. The SMILES string of the molecule is CC1CCN(c2ccc(NC(=O)COc3ccc(I)cc3)cc2)C1. The molecule has 24 heavy (non-hydrogen) atoms. The van der Waals surface area contributed by atoms with Crippen LogP contribution in [-0.2, 0) is 4.79 Å². The molecule has 0 bridgehead atoms. The summed E-state index contributed by atoms with van der Waals surface area (Å²) < 4.78 is 6.62. The largest absolute Gasteiger partial charge is 0.484 e. The zero-order valence-corrected chi connectivity index (χ0v) is 15.8. The summed E-state index contributed by atoms with van der Waals surface area (Å²) in [5.41, 5.74) is 2.01. The van der Waals surface area contributed by atoms with E-state index in [1.54, 1.807) is 0 Å². The van der Waals surface area contributed by atoms with Crippen LogP contribution in [0.15, 0.2) is 48.5 Å². The van der Waals surface area contributed by atoms with Crippen LogP contribution < -0.4 is 15.0 Å². The normalized spacial score (nSPS) is 16.9. The number of benzene rings is 2. The van der Waals surface area contributed by atoms with E-state index in [4.69, 9.17) is 4.74 Å². The molecule has 1 amide bonds. The summed E-state index contributed by atoms with van der Waals surface area (Å²) in [6, 6.07) is 15.6. The molecule has 1 unspecified atom stereocenters. The average molecular weight is 436 g/mol. The fourth-order valence-corrected chi connectivity index (χ4v) is 3.16. The molecule has 0 spiro atoms. The minimum absolute atomic E-state index is 0.00594. The molecular formula is C19H21IN2O2. The van der Waals surface area contributed by atoms with E-state index >= 15 is 0 Å². The lowest BCUT2D eigenvalue weighted by Crippen LogP contribution is -2.21. The Bertz CT molecular complexity index is 686. The lowest BCUT2D eigenvalue weighted by molar-refractivity contribution is -0.118. The van der Waals surface area contributed by atoms with Gasteiger partial charge in [-0.3, -0.25) is 4.79 Å². The summed E-state index contributed by atoms with van der Waals surface area (Å²) in [6.07, 6.45) is 1.24. The molecule has 2 aromatic rings. The Balaban J connectivity index is 1.50. The van der Waals surface area contributed by atoms with Gasteiger partial charge in [0.1, 0.15) is 5.75 Å². The molecule has 0 aromatic heterocycles. The van der Waals surface area contributed by atoms with Crippen LogP contribution in [0.2, 0.25) is 0 Å². The summed E-state index contributed by atoms with van der Waals surface area (Å²) in [5, 5.41) is 2.87. The number of ether oxygens (including phenoxy) is 1. The number of rotatable bonds is 5. The minimum Gasteiger partial charge on any atom is -0.484 e. The van der Waals surface area contributed by atoms with Crippen LogP contribution in [-0.4, -0.2) is 25.6 Å². The lowest BCUT2D eigenvalue weighted by atomic mass is 10.2. The molecule has 3 rings (SSSR count). The second kappa shape index (κ2) is 7.88. The van der Waals surface area contributed by atoms with Gasteiger partial charge in [-0.1, -0.05) is 6.92 Å². The van der Waals surface area contributed by atoms with Gasteiger partial charge in [-0.2, -0.15) is 0 Å². The van der Waals surface area contributed by atoms with E-state index in [2.05, 4.69) is 51.9 Å². The first-order valence-electron chi connectivity index (χ1n) is 8.13. The highest BCUT2D eigenvalue weighted by Gasteiger charge is 2.18. The second-order valence-corrected chi connectivity index (χ2v) is 7.42.